The molecule has 2 unspecified atom stereocenters. The predicted octanol–water partition coefficient (Wildman–Crippen LogP) is 4.37. The van der Waals surface area contributed by atoms with E-state index in [1.54, 1.807) is 0 Å². The first-order chi connectivity index (χ1) is 10.7. The second kappa shape index (κ2) is 4.31. The topological polar surface area (TPSA) is 37.3 Å². The molecule has 0 aromatic rings. The fourth-order valence-electron chi connectivity index (χ4n) is 7.79. The van der Waals surface area contributed by atoms with Crippen LogP contribution in [0.1, 0.15) is 66.2 Å². The molecule has 4 fully saturated rings. The van der Waals surface area contributed by atoms with Crippen LogP contribution in [0.3, 0.4) is 0 Å². The van der Waals surface area contributed by atoms with E-state index in [9.17, 15) is 9.90 Å². The van der Waals surface area contributed by atoms with Crippen molar-refractivity contribution in [1.82, 2.24) is 0 Å². The second-order valence-electron chi connectivity index (χ2n) is 9.98. The van der Waals surface area contributed by atoms with Crippen molar-refractivity contribution in [2.75, 3.05) is 0 Å². The van der Waals surface area contributed by atoms with Gasteiger partial charge in [-0.3, -0.25) is 4.79 Å². The van der Waals surface area contributed by atoms with Crippen LogP contribution in [0.25, 0.3) is 0 Å². The molecule has 2 nitrogen and oxygen atoms in total. The molecule has 1 N–H and O–H groups in total. The average Bonchev–Trinajstić information content (AvgIpc) is 2.69. The Balaban J connectivity index is 1.86. The molecule has 0 aromatic heterocycles. The number of ketones is 1. The molecule has 0 heterocycles. The molecule has 4 saturated carbocycles. The molecule has 4 aliphatic rings. The Kier molecular flexibility index (Phi) is 2.97. The summed E-state index contributed by atoms with van der Waals surface area (Å²) in [6, 6.07) is 0. The van der Waals surface area contributed by atoms with Crippen LogP contribution in [0.15, 0.2) is 12.7 Å². The molecule has 0 aliphatic heterocycles. The van der Waals surface area contributed by atoms with Gasteiger partial charge in [-0.2, -0.15) is 0 Å². The van der Waals surface area contributed by atoms with Crippen molar-refractivity contribution in [3.05, 3.63) is 12.7 Å². The predicted molar refractivity (Wildman–Crippen MR) is 91.8 cm³/mol. The van der Waals surface area contributed by atoms with Gasteiger partial charge in [-0.25, -0.2) is 0 Å². The van der Waals surface area contributed by atoms with Crippen molar-refractivity contribution in [1.29, 1.82) is 0 Å². The highest BCUT2D eigenvalue weighted by Gasteiger charge is 2.79. The molecule has 0 radical (unpaired) electrons. The summed E-state index contributed by atoms with van der Waals surface area (Å²) in [4.78, 5) is 12.8. The van der Waals surface area contributed by atoms with Crippen LogP contribution in [0.2, 0.25) is 0 Å². The smallest absolute Gasteiger partial charge is 0.139 e. The standard InChI is InChI=1S/C21H32O2/c1-6-18(4)9-10-19(5)13(2)11-21-12-20(17(19)21,8-7-15(21)22)14(3)16(18)23/h6,13-14,16-17,23H,1,7-12H2,2-5H3/t13?,14-,16-,17-,18+,19+,20+,21?/m0/s1. The van der Waals surface area contributed by atoms with E-state index in [1.807, 2.05) is 6.08 Å². The highest BCUT2D eigenvalue weighted by molar-refractivity contribution is 5.89. The van der Waals surface area contributed by atoms with Gasteiger partial charge in [-0.15, -0.1) is 6.58 Å². The summed E-state index contributed by atoms with van der Waals surface area (Å²) in [7, 11) is 0. The molecule has 0 amide bonds. The molecular formula is C21H32O2. The van der Waals surface area contributed by atoms with Gasteiger partial charge in [-0.1, -0.05) is 33.8 Å². The lowest BCUT2D eigenvalue weighted by molar-refractivity contribution is -0.237. The third-order valence-electron chi connectivity index (χ3n) is 9.33. The molecule has 4 aliphatic carbocycles. The molecule has 2 heteroatoms. The number of hydrogen-bond acceptors (Lipinski definition) is 2. The highest BCUT2D eigenvalue weighted by Crippen LogP contribution is 2.82. The minimum absolute atomic E-state index is 0.0394. The molecule has 128 valence electrons. The van der Waals surface area contributed by atoms with Crippen LogP contribution in [0.5, 0.6) is 0 Å². The van der Waals surface area contributed by atoms with E-state index in [4.69, 9.17) is 0 Å². The molecule has 4 rings (SSSR count). The zero-order valence-corrected chi connectivity index (χ0v) is 15.2. The van der Waals surface area contributed by atoms with Gasteiger partial charge in [0.1, 0.15) is 5.78 Å². The minimum Gasteiger partial charge on any atom is -0.392 e. The number of hydrogen-bond donors (Lipinski definition) is 1. The Morgan fingerprint density at radius 1 is 1.22 bits per heavy atom. The zero-order valence-electron chi connectivity index (χ0n) is 15.2. The number of rotatable bonds is 1. The second-order valence-corrected chi connectivity index (χ2v) is 9.98. The van der Waals surface area contributed by atoms with E-state index in [-0.39, 0.29) is 33.7 Å². The van der Waals surface area contributed by atoms with Crippen LogP contribution in [-0.4, -0.2) is 17.0 Å². The first kappa shape index (κ1) is 15.9. The summed E-state index contributed by atoms with van der Waals surface area (Å²) >= 11 is 0. The molecular weight excluding hydrogens is 284 g/mol. The van der Waals surface area contributed by atoms with Crippen LogP contribution < -0.4 is 0 Å². The molecule has 0 aromatic carbocycles. The van der Waals surface area contributed by atoms with Gasteiger partial charge in [0.15, 0.2) is 0 Å². The fraction of sp³-hybridized carbons (Fsp3) is 0.857. The van der Waals surface area contributed by atoms with Crippen molar-refractivity contribution in [3.63, 3.8) is 0 Å². The molecule has 8 atom stereocenters. The van der Waals surface area contributed by atoms with Crippen molar-refractivity contribution in [2.45, 2.75) is 72.3 Å². The summed E-state index contributed by atoms with van der Waals surface area (Å²) < 4.78 is 0. The number of aliphatic hydroxyl groups is 1. The zero-order chi connectivity index (χ0) is 16.8. The lowest BCUT2D eigenvalue weighted by atomic mass is 9.32. The van der Waals surface area contributed by atoms with E-state index in [2.05, 4.69) is 34.3 Å². The average molecular weight is 316 g/mol. The van der Waals surface area contributed by atoms with Crippen LogP contribution in [0.4, 0.5) is 0 Å². The highest BCUT2D eigenvalue weighted by atomic mass is 16.3. The molecule has 0 saturated heterocycles. The monoisotopic (exact) mass is 316 g/mol. The van der Waals surface area contributed by atoms with Crippen LogP contribution in [-0.2, 0) is 4.79 Å². The maximum Gasteiger partial charge on any atom is 0.139 e. The van der Waals surface area contributed by atoms with E-state index in [0.29, 0.717) is 17.6 Å². The minimum atomic E-state index is -0.341. The van der Waals surface area contributed by atoms with Gasteiger partial charge < -0.3 is 5.11 Å². The quantitative estimate of drug-likeness (QED) is 0.729. The largest absolute Gasteiger partial charge is 0.392 e. The molecule has 2 bridgehead atoms. The molecule has 23 heavy (non-hydrogen) atoms. The Morgan fingerprint density at radius 3 is 2.57 bits per heavy atom. The number of carbonyl (C=O) groups is 1. The number of aliphatic hydroxyl groups excluding tert-OH is 1. The van der Waals surface area contributed by atoms with Crippen molar-refractivity contribution >= 4 is 5.78 Å². The summed E-state index contributed by atoms with van der Waals surface area (Å²) in [5.74, 6) is 1.89. The van der Waals surface area contributed by atoms with E-state index < -0.39 is 0 Å². The van der Waals surface area contributed by atoms with Crippen LogP contribution >= 0.6 is 0 Å². The lowest BCUT2D eigenvalue weighted by Crippen LogP contribution is -2.69. The van der Waals surface area contributed by atoms with Gasteiger partial charge >= 0.3 is 0 Å². The van der Waals surface area contributed by atoms with Gasteiger partial charge in [0.2, 0.25) is 0 Å². The Hall–Kier alpha value is -0.630. The fourth-order valence-corrected chi connectivity index (χ4v) is 7.79. The number of carbonyl (C=O) groups excluding carboxylic acids is 1. The van der Waals surface area contributed by atoms with Gasteiger partial charge in [0.25, 0.3) is 0 Å². The molecule has 2 spiro atoms. The Bertz CT molecular complexity index is 582. The summed E-state index contributed by atoms with van der Waals surface area (Å²) in [5.41, 5.74) is 0.178. The summed E-state index contributed by atoms with van der Waals surface area (Å²) in [5, 5.41) is 11.2. The lowest BCUT2D eigenvalue weighted by Gasteiger charge is -2.71. The maximum absolute atomic E-state index is 12.8. The van der Waals surface area contributed by atoms with Crippen LogP contribution in [0, 0.1) is 39.4 Å². The third-order valence-corrected chi connectivity index (χ3v) is 9.33. The Morgan fingerprint density at radius 2 is 1.91 bits per heavy atom. The van der Waals surface area contributed by atoms with Gasteiger partial charge in [0, 0.05) is 17.3 Å². The van der Waals surface area contributed by atoms with Gasteiger partial charge in [-0.05, 0) is 60.7 Å². The van der Waals surface area contributed by atoms with Crippen molar-refractivity contribution in [2.24, 2.45) is 39.4 Å². The maximum atomic E-state index is 12.8. The normalized spacial score (nSPS) is 61.2. The number of Topliss-reactive ketones (excluding diaryl/α,β-unsaturated/α-hetero) is 1. The first-order valence-electron chi connectivity index (χ1n) is 9.51. The van der Waals surface area contributed by atoms with Gasteiger partial charge in [0.05, 0.1) is 6.10 Å². The first-order valence-corrected chi connectivity index (χ1v) is 9.51. The summed E-state index contributed by atoms with van der Waals surface area (Å²) in [6.07, 6.45) is 7.60. The Labute approximate surface area is 140 Å². The van der Waals surface area contributed by atoms with E-state index in [1.165, 1.54) is 0 Å². The van der Waals surface area contributed by atoms with E-state index in [0.717, 1.165) is 38.5 Å². The SMILES string of the molecule is C=C[C@]1(C)CC[C@]2(C)C(C)CC34C[C@@](CCC3=O)([C@@H]42)[C@@H](C)[C@@H]1O. The third kappa shape index (κ3) is 1.53. The van der Waals surface area contributed by atoms with E-state index >= 15 is 0 Å². The summed E-state index contributed by atoms with van der Waals surface area (Å²) in [6.45, 7) is 13.3. The van der Waals surface area contributed by atoms with Crippen molar-refractivity contribution in [3.8, 4) is 0 Å². The van der Waals surface area contributed by atoms with Crippen molar-refractivity contribution < 1.29 is 9.90 Å².